The second kappa shape index (κ2) is 5.26. The standard InChI is InChI=1S/C15H14FN3S/c1-9(17)10-5-4-6-11(16)14(10)20-15-18-12-7-2-3-8-13(12)19-15/h2-9H,17H2,1H3,(H,18,19)/t9-/m0/s1. The second-order valence-electron chi connectivity index (χ2n) is 4.61. The van der Waals surface area contributed by atoms with Crippen molar-refractivity contribution in [1.29, 1.82) is 0 Å². The predicted molar refractivity (Wildman–Crippen MR) is 79.2 cm³/mol. The van der Waals surface area contributed by atoms with Crippen molar-refractivity contribution in [3.8, 4) is 0 Å². The highest BCUT2D eigenvalue weighted by molar-refractivity contribution is 7.99. The number of nitrogens with two attached hydrogens (primary N) is 1. The van der Waals surface area contributed by atoms with Crippen LogP contribution in [0.4, 0.5) is 4.39 Å². The Labute approximate surface area is 120 Å². The molecule has 1 atom stereocenters. The normalized spacial score (nSPS) is 12.8. The third-order valence-electron chi connectivity index (χ3n) is 3.05. The Morgan fingerprint density at radius 3 is 2.75 bits per heavy atom. The second-order valence-corrected chi connectivity index (χ2v) is 5.61. The summed E-state index contributed by atoms with van der Waals surface area (Å²) in [5.41, 5.74) is 8.50. The Hall–Kier alpha value is -1.85. The van der Waals surface area contributed by atoms with Gasteiger partial charge >= 0.3 is 0 Å². The van der Waals surface area contributed by atoms with E-state index in [1.165, 1.54) is 17.8 Å². The number of halogens is 1. The van der Waals surface area contributed by atoms with E-state index in [0.717, 1.165) is 16.6 Å². The van der Waals surface area contributed by atoms with Crippen LogP contribution in [0.5, 0.6) is 0 Å². The smallest absolute Gasteiger partial charge is 0.171 e. The van der Waals surface area contributed by atoms with E-state index in [-0.39, 0.29) is 11.9 Å². The Morgan fingerprint density at radius 2 is 2.00 bits per heavy atom. The Balaban J connectivity index is 2.02. The van der Waals surface area contributed by atoms with Crippen molar-refractivity contribution >= 4 is 22.8 Å². The van der Waals surface area contributed by atoms with Crippen LogP contribution in [0.15, 0.2) is 52.5 Å². The molecule has 1 aromatic heterocycles. The summed E-state index contributed by atoms with van der Waals surface area (Å²) in [6, 6.07) is 12.5. The number of aromatic nitrogens is 2. The maximum Gasteiger partial charge on any atom is 0.171 e. The number of aromatic amines is 1. The quantitative estimate of drug-likeness (QED) is 0.768. The minimum atomic E-state index is -0.273. The molecule has 5 heteroatoms. The van der Waals surface area contributed by atoms with Crippen molar-refractivity contribution in [2.75, 3.05) is 0 Å². The zero-order valence-corrected chi connectivity index (χ0v) is 11.7. The molecule has 20 heavy (non-hydrogen) atoms. The number of rotatable bonds is 3. The summed E-state index contributed by atoms with van der Waals surface area (Å²) in [5.74, 6) is -0.273. The molecular weight excluding hydrogens is 273 g/mol. The SMILES string of the molecule is C[C@H](N)c1cccc(F)c1Sc1nc2ccccc2[nH]1. The summed E-state index contributed by atoms with van der Waals surface area (Å²) < 4.78 is 14.0. The first-order valence-corrected chi connectivity index (χ1v) is 7.13. The largest absolute Gasteiger partial charge is 0.333 e. The van der Waals surface area contributed by atoms with E-state index in [4.69, 9.17) is 5.73 Å². The van der Waals surface area contributed by atoms with Crippen LogP contribution in [0, 0.1) is 5.82 Å². The molecule has 1 heterocycles. The summed E-state index contributed by atoms with van der Waals surface area (Å²) in [7, 11) is 0. The van der Waals surface area contributed by atoms with E-state index in [1.807, 2.05) is 37.3 Å². The first kappa shape index (κ1) is 13.1. The van der Waals surface area contributed by atoms with Gasteiger partial charge in [-0.05, 0) is 42.4 Å². The number of hydrogen-bond donors (Lipinski definition) is 2. The van der Waals surface area contributed by atoms with Gasteiger partial charge in [-0.25, -0.2) is 9.37 Å². The molecule has 0 spiro atoms. The van der Waals surface area contributed by atoms with Crippen molar-refractivity contribution < 1.29 is 4.39 Å². The molecule has 102 valence electrons. The number of hydrogen-bond acceptors (Lipinski definition) is 3. The molecule has 0 radical (unpaired) electrons. The molecule has 0 amide bonds. The number of benzene rings is 2. The van der Waals surface area contributed by atoms with Crippen LogP contribution in [0.3, 0.4) is 0 Å². The molecule has 0 unspecified atom stereocenters. The maximum atomic E-state index is 14.0. The maximum absolute atomic E-state index is 14.0. The zero-order valence-electron chi connectivity index (χ0n) is 10.9. The topological polar surface area (TPSA) is 54.7 Å². The number of para-hydroxylation sites is 2. The lowest BCUT2D eigenvalue weighted by Gasteiger charge is -2.11. The van der Waals surface area contributed by atoms with Gasteiger partial charge in [0.05, 0.1) is 15.9 Å². The highest BCUT2D eigenvalue weighted by Gasteiger charge is 2.14. The van der Waals surface area contributed by atoms with Gasteiger partial charge < -0.3 is 10.7 Å². The first-order chi connectivity index (χ1) is 9.65. The molecule has 0 fully saturated rings. The minimum Gasteiger partial charge on any atom is -0.333 e. The third-order valence-corrected chi connectivity index (χ3v) is 4.08. The van der Waals surface area contributed by atoms with E-state index < -0.39 is 0 Å². The molecule has 2 aromatic carbocycles. The van der Waals surface area contributed by atoms with Gasteiger partial charge in [-0.1, -0.05) is 24.3 Å². The lowest BCUT2D eigenvalue weighted by atomic mass is 10.1. The van der Waals surface area contributed by atoms with Crippen LogP contribution in [-0.2, 0) is 0 Å². The van der Waals surface area contributed by atoms with Crippen LogP contribution in [-0.4, -0.2) is 9.97 Å². The molecule has 3 N–H and O–H groups in total. The molecule has 0 aliphatic heterocycles. The van der Waals surface area contributed by atoms with E-state index in [9.17, 15) is 4.39 Å². The number of nitrogens with zero attached hydrogens (tertiary/aromatic N) is 1. The summed E-state index contributed by atoms with van der Waals surface area (Å²) in [6.45, 7) is 1.84. The fourth-order valence-corrected chi connectivity index (χ4v) is 3.10. The van der Waals surface area contributed by atoms with E-state index >= 15 is 0 Å². The highest BCUT2D eigenvalue weighted by atomic mass is 32.2. The third kappa shape index (κ3) is 2.42. The van der Waals surface area contributed by atoms with Gasteiger partial charge in [-0.15, -0.1) is 0 Å². The van der Waals surface area contributed by atoms with Crippen LogP contribution in [0.1, 0.15) is 18.5 Å². The first-order valence-electron chi connectivity index (χ1n) is 6.32. The van der Waals surface area contributed by atoms with Gasteiger partial charge in [-0.3, -0.25) is 0 Å². The predicted octanol–water partition coefficient (Wildman–Crippen LogP) is 3.87. The number of imidazole rings is 1. The highest BCUT2D eigenvalue weighted by Crippen LogP contribution is 2.34. The fourth-order valence-electron chi connectivity index (χ4n) is 2.07. The molecule has 3 aromatic rings. The molecule has 0 aliphatic carbocycles. The molecule has 3 rings (SSSR count). The van der Waals surface area contributed by atoms with Crippen LogP contribution < -0.4 is 5.73 Å². The van der Waals surface area contributed by atoms with Crippen LogP contribution in [0.2, 0.25) is 0 Å². The molecule has 0 saturated carbocycles. The molecule has 0 saturated heterocycles. The molecule has 0 bridgehead atoms. The van der Waals surface area contributed by atoms with Crippen molar-refractivity contribution in [2.24, 2.45) is 5.73 Å². The van der Waals surface area contributed by atoms with Gasteiger partial charge in [0.15, 0.2) is 5.16 Å². The number of H-pyrrole nitrogens is 1. The molecular formula is C15H14FN3S. The van der Waals surface area contributed by atoms with Crippen molar-refractivity contribution in [2.45, 2.75) is 23.0 Å². The Morgan fingerprint density at radius 1 is 1.20 bits per heavy atom. The van der Waals surface area contributed by atoms with Gasteiger partial charge in [0.25, 0.3) is 0 Å². The van der Waals surface area contributed by atoms with Crippen molar-refractivity contribution in [3.05, 3.63) is 53.8 Å². The average Bonchev–Trinajstić information content (AvgIpc) is 2.83. The zero-order chi connectivity index (χ0) is 14.1. The monoisotopic (exact) mass is 287 g/mol. The summed E-state index contributed by atoms with van der Waals surface area (Å²) >= 11 is 1.27. The lowest BCUT2D eigenvalue weighted by molar-refractivity contribution is 0.591. The van der Waals surface area contributed by atoms with Gasteiger partial charge in [0.1, 0.15) is 5.82 Å². The summed E-state index contributed by atoms with van der Waals surface area (Å²) in [4.78, 5) is 8.16. The Kier molecular flexibility index (Phi) is 3.46. The Bertz CT molecular complexity index is 719. The number of nitrogens with one attached hydrogen (secondary N) is 1. The summed E-state index contributed by atoms with van der Waals surface area (Å²) in [5, 5.41) is 0.665. The lowest BCUT2D eigenvalue weighted by Crippen LogP contribution is -2.07. The molecule has 3 nitrogen and oxygen atoms in total. The molecule has 0 aliphatic rings. The summed E-state index contributed by atoms with van der Waals surface area (Å²) in [6.07, 6.45) is 0. The van der Waals surface area contributed by atoms with Crippen LogP contribution in [0.25, 0.3) is 11.0 Å². The minimum absolute atomic E-state index is 0.224. The van der Waals surface area contributed by atoms with Crippen LogP contribution >= 0.6 is 11.8 Å². The van der Waals surface area contributed by atoms with Gasteiger partial charge in [0, 0.05) is 6.04 Å². The van der Waals surface area contributed by atoms with E-state index in [0.29, 0.717) is 10.1 Å². The number of fused-ring (bicyclic) bond motifs is 1. The fraction of sp³-hybridized carbons (Fsp3) is 0.133. The van der Waals surface area contributed by atoms with E-state index in [2.05, 4.69) is 9.97 Å². The van der Waals surface area contributed by atoms with Gasteiger partial charge in [-0.2, -0.15) is 0 Å². The average molecular weight is 287 g/mol. The van der Waals surface area contributed by atoms with E-state index in [1.54, 1.807) is 6.07 Å². The van der Waals surface area contributed by atoms with Gasteiger partial charge in [0.2, 0.25) is 0 Å². The van der Waals surface area contributed by atoms with Crippen molar-refractivity contribution in [3.63, 3.8) is 0 Å². The van der Waals surface area contributed by atoms with Crippen molar-refractivity contribution in [1.82, 2.24) is 9.97 Å².